The first-order valence-corrected chi connectivity index (χ1v) is 29.7. The number of aromatic nitrogens is 2. The maximum Gasteiger partial charge on any atom is 0.481 e. The maximum absolute atomic E-state index is 12.9. The molecule has 1 aliphatic heterocycles. The lowest BCUT2D eigenvalue weighted by Gasteiger charge is -2.22. The lowest BCUT2D eigenvalue weighted by molar-refractivity contribution is -0.161. The van der Waals surface area contributed by atoms with E-state index in [1.54, 1.807) is 0 Å². The molecule has 21 heteroatoms. The van der Waals surface area contributed by atoms with Crippen molar-refractivity contribution >= 4 is 27.6 Å². The van der Waals surface area contributed by atoms with Crippen LogP contribution in [0.2, 0.25) is 0 Å². The van der Waals surface area contributed by atoms with Gasteiger partial charge in [0.25, 0.3) is 5.56 Å². The van der Waals surface area contributed by atoms with Crippen molar-refractivity contribution in [2.24, 2.45) is 5.11 Å². The van der Waals surface area contributed by atoms with Crippen molar-refractivity contribution in [3.8, 4) is 0 Å². The van der Waals surface area contributed by atoms with Crippen molar-refractivity contribution < 1.29 is 56.1 Å². The number of H-pyrrole nitrogens is 1. The Balaban J connectivity index is 1.83. The Labute approximate surface area is 417 Å². The van der Waals surface area contributed by atoms with Gasteiger partial charge in [-0.2, -0.15) is 4.31 Å². The molecule has 0 bridgehead atoms. The maximum atomic E-state index is 12.9. The summed E-state index contributed by atoms with van der Waals surface area (Å²) >= 11 is 0. The summed E-state index contributed by atoms with van der Waals surface area (Å²) in [5, 5.41) is 3.60. The van der Waals surface area contributed by atoms with Crippen LogP contribution in [0.4, 0.5) is 0 Å². The van der Waals surface area contributed by atoms with Crippen molar-refractivity contribution in [2.75, 3.05) is 19.8 Å². The quantitative estimate of drug-likeness (QED) is 0.0137. The number of unbranched alkanes of at least 4 members (excludes halogenated alkanes) is 28. The molecule has 0 radical (unpaired) electrons. The highest BCUT2D eigenvalue weighted by Gasteiger charge is 2.41. The zero-order valence-electron chi connectivity index (χ0n) is 42.8. The SMILES string of the molecule is CCCCCCCCCCCCCCCCCC(=O)OCC(COP(=O)(O)OP(=O)(O)OC[C@H]1O[C@@H](n2cc(C)c(=O)[nH]c2=O)C[C@@H]1N=[N+]=[N-])OC(=O)CCCCCCCCCCCCCCCCC. The van der Waals surface area contributed by atoms with E-state index in [1.165, 1.54) is 148 Å². The minimum atomic E-state index is -5.40. The molecule has 1 saturated heterocycles. The number of nitrogens with one attached hydrogen (secondary N) is 1. The number of azide groups is 1. The van der Waals surface area contributed by atoms with E-state index in [-0.39, 0.29) is 24.8 Å². The molecule has 70 heavy (non-hydrogen) atoms. The molecule has 1 aromatic rings. The molecule has 1 aromatic heterocycles. The summed E-state index contributed by atoms with van der Waals surface area (Å²) in [6.07, 6.45) is 33.0. The van der Waals surface area contributed by atoms with Gasteiger partial charge in [-0.1, -0.05) is 199 Å². The average Bonchev–Trinajstić information content (AvgIpc) is 3.72. The molecule has 0 saturated carbocycles. The van der Waals surface area contributed by atoms with Crippen molar-refractivity contribution in [1.82, 2.24) is 9.55 Å². The van der Waals surface area contributed by atoms with Crippen LogP contribution in [0.15, 0.2) is 20.9 Å². The molecular weight excluding hydrogens is 945 g/mol. The van der Waals surface area contributed by atoms with Gasteiger partial charge in [-0.25, -0.2) is 13.9 Å². The smallest absolute Gasteiger partial charge is 0.462 e. The fourth-order valence-electron chi connectivity index (χ4n) is 8.45. The Bertz CT molecular complexity index is 1840. The highest BCUT2D eigenvalue weighted by Crippen LogP contribution is 2.60. The molecule has 0 spiro atoms. The molecule has 1 fully saturated rings. The summed E-state index contributed by atoms with van der Waals surface area (Å²) in [5.74, 6) is -1.17. The Morgan fingerprint density at radius 2 is 1.14 bits per heavy atom. The van der Waals surface area contributed by atoms with Crippen molar-refractivity contribution in [2.45, 2.75) is 257 Å². The van der Waals surface area contributed by atoms with E-state index < -0.39 is 83.1 Å². The number of ether oxygens (including phenoxy) is 3. The number of nitrogens with zero attached hydrogens (tertiary/aromatic N) is 4. The minimum Gasteiger partial charge on any atom is -0.462 e. The van der Waals surface area contributed by atoms with Crippen molar-refractivity contribution in [1.29, 1.82) is 0 Å². The van der Waals surface area contributed by atoms with Crippen LogP contribution in [0.3, 0.4) is 0 Å². The van der Waals surface area contributed by atoms with Crippen molar-refractivity contribution in [3.05, 3.63) is 43.0 Å². The normalized spacial score (nSPS) is 17.9. The van der Waals surface area contributed by atoms with Crippen LogP contribution in [0.5, 0.6) is 0 Å². The van der Waals surface area contributed by atoms with E-state index >= 15 is 0 Å². The van der Waals surface area contributed by atoms with Gasteiger partial charge in [-0.3, -0.25) is 33.0 Å². The summed E-state index contributed by atoms with van der Waals surface area (Å²) in [5.41, 5.74) is 7.86. The van der Waals surface area contributed by atoms with Crippen LogP contribution < -0.4 is 11.2 Å². The molecular formula is C49H89N5O14P2. The summed E-state index contributed by atoms with van der Waals surface area (Å²) < 4.78 is 57.9. The van der Waals surface area contributed by atoms with Gasteiger partial charge in [-0.15, -0.1) is 0 Å². The van der Waals surface area contributed by atoms with Gasteiger partial charge < -0.3 is 24.0 Å². The van der Waals surface area contributed by atoms with E-state index in [1.807, 2.05) is 0 Å². The number of hydrogen-bond acceptors (Lipinski definition) is 13. The predicted molar refractivity (Wildman–Crippen MR) is 270 cm³/mol. The third kappa shape index (κ3) is 30.9. The molecule has 19 nitrogen and oxygen atoms in total. The molecule has 0 aliphatic carbocycles. The average molecular weight is 1030 g/mol. The molecule has 3 unspecified atom stereocenters. The third-order valence-corrected chi connectivity index (χ3v) is 15.2. The zero-order chi connectivity index (χ0) is 51.3. The van der Waals surface area contributed by atoms with Gasteiger partial charge in [-0.05, 0) is 25.3 Å². The summed E-state index contributed by atoms with van der Waals surface area (Å²) in [4.78, 5) is 75.6. The molecule has 2 heterocycles. The highest BCUT2D eigenvalue weighted by molar-refractivity contribution is 7.61. The van der Waals surface area contributed by atoms with E-state index in [0.29, 0.717) is 12.8 Å². The largest absolute Gasteiger partial charge is 0.481 e. The Hall–Kier alpha value is -2.85. The molecule has 404 valence electrons. The van der Waals surface area contributed by atoms with Gasteiger partial charge in [0.2, 0.25) is 0 Å². The van der Waals surface area contributed by atoms with Crippen LogP contribution in [-0.4, -0.2) is 69.3 Å². The van der Waals surface area contributed by atoms with Gasteiger partial charge >= 0.3 is 33.3 Å². The fraction of sp³-hybridized carbons (Fsp3) is 0.878. The van der Waals surface area contributed by atoms with Gasteiger partial charge in [0.15, 0.2) is 6.10 Å². The Kier molecular flexibility index (Phi) is 35.0. The minimum absolute atomic E-state index is 0.0617. The second-order valence-corrected chi connectivity index (χ2v) is 22.0. The van der Waals surface area contributed by atoms with Crippen molar-refractivity contribution in [3.63, 3.8) is 0 Å². The number of phosphoric acid groups is 2. The lowest BCUT2D eigenvalue weighted by atomic mass is 10.0. The van der Waals surface area contributed by atoms with E-state index in [4.69, 9.17) is 28.8 Å². The summed E-state index contributed by atoms with van der Waals surface area (Å²) in [6.45, 7) is 3.82. The van der Waals surface area contributed by atoms with Crippen LogP contribution in [-0.2, 0) is 46.3 Å². The van der Waals surface area contributed by atoms with Gasteiger partial charge in [0.1, 0.15) is 12.8 Å². The van der Waals surface area contributed by atoms with Crippen LogP contribution in [0.1, 0.15) is 238 Å². The van der Waals surface area contributed by atoms with Crippen LogP contribution in [0, 0.1) is 6.92 Å². The Morgan fingerprint density at radius 1 is 0.714 bits per heavy atom. The van der Waals surface area contributed by atoms with Crippen LogP contribution in [0.25, 0.3) is 10.4 Å². The first-order valence-electron chi connectivity index (χ1n) is 26.7. The number of phosphoric ester groups is 2. The number of aromatic amines is 1. The molecule has 3 N–H and O–H groups in total. The van der Waals surface area contributed by atoms with Gasteiger partial charge in [0, 0.05) is 35.9 Å². The number of esters is 2. The molecule has 0 aromatic carbocycles. The third-order valence-electron chi connectivity index (χ3n) is 12.6. The molecule has 0 amide bonds. The number of carbonyl (C=O) groups excluding carboxylic acids is 2. The number of aryl methyl sites for hydroxylation is 1. The number of carbonyl (C=O) groups is 2. The second-order valence-electron chi connectivity index (χ2n) is 18.9. The van der Waals surface area contributed by atoms with E-state index in [2.05, 4.69) is 33.2 Å². The Morgan fingerprint density at radius 3 is 1.60 bits per heavy atom. The second kappa shape index (κ2) is 38.7. The molecule has 2 rings (SSSR count). The van der Waals surface area contributed by atoms with E-state index in [9.17, 15) is 38.1 Å². The lowest BCUT2D eigenvalue weighted by Crippen LogP contribution is -2.33. The predicted octanol–water partition coefficient (Wildman–Crippen LogP) is 13.0. The zero-order valence-corrected chi connectivity index (χ0v) is 44.6. The molecule has 6 atom stereocenters. The number of rotatable bonds is 45. The molecule has 1 aliphatic rings. The summed E-state index contributed by atoms with van der Waals surface area (Å²) in [7, 11) is -10.8. The monoisotopic (exact) mass is 1030 g/mol. The van der Waals surface area contributed by atoms with E-state index in [0.717, 1.165) is 49.5 Å². The summed E-state index contributed by atoms with van der Waals surface area (Å²) in [6, 6.07) is -1.02. The first kappa shape index (κ1) is 63.3. The fourth-order valence-corrected chi connectivity index (χ4v) is 10.6. The van der Waals surface area contributed by atoms with Gasteiger partial charge in [0.05, 0.1) is 25.4 Å². The van der Waals surface area contributed by atoms with Crippen LogP contribution >= 0.6 is 15.6 Å². The highest BCUT2D eigenvalue weighted by atomic mass is 31.3. The topological polar surface area (TPSA) is 268 Å². The standard InChI is InChI=1S/C49H89N5O14P2/c1-4-6-8-10-12-14-16-18-20-22-24-26-28-30-32-34-46(55)63-38-42(66-47(56)35-33-31-29-27-25-23-21-19-17-15-13-11-9-7-5-2)39-64-69(59,60)68-70(61,62)65-40-44-43(52-53-50)36-45(67-44)54-37-41(3)48(57)51-49(54)58/h37,42-45H,4-36,38-40H2,1-3H3,(H,59,60)(H,61,62)(H,51,57,58)/t42?,43-,44+,45+/m0/s1. The number of hydrogen-bond donors (Lipinski definition) is 3. The first-order chi connectivity index (χ1) is 33.7.